The first-order valence-electron chi connectivity index (χ1n) is 5.71. The van der Waals surface area contributed by atoms with E-state index < -0.39 is 21.1 Å². The van der Waals surface area contributed by atoms with Crippen molar-refractivity contribution in [2.75, 3.05) is 18.1 Å². The fourth-order valence-corrected chi connectivity index (χ4v) is 2.12. The number of carboxylic acids is 1. The van der Waals surface area contributed by atoms with E-state index in [1.54, 1.807) is 13.8 Å². The van der Waals surface area contributed by atoms with E-state index in [-0.39, 0.29) is 23.6 Å². The molecule has 0 spiro atoms. The lowest BCUT2D eigenvalue weighted by Crippen LogP contribution is -2.22. The van der Waals surface area contributed by atoms with Gasteiger partial charge in [0, 0.05) is 11.8 Å². The van der Waals surface area contributed by atoms with Gasteiger partial charge in [-0.15, -0.1) is 0 Å². The number of sulfone groups is 1. The van der Waals surface area contributed by atoms with Gasteiger partial charge in [0.15, 0.2) is 9.84 Å². The average molecular weight is 287 g/mol. The summed E-state index contributed by atoms with van der Waals surface area (Å²) in [5, 5.41) is 8.35. The number of benzene rings is 1. The third-order valence-electron chi connectivity index (χ3n) is 2.61. The Morgan fingerprint density at radius 1 is 1.42 bits per heavy atom. The number of anilines is 1. The third kappa shape index (κ3) is 4.13. The lowest BCUT2D eigenvalue weighted by atomic mass is 10.2. The summed E-state index contributed by atoms with van der Waals surface area (Å²) < 4.78 is 28.4. The molecule has 19 heavy (non-hydrogen) atoms. The summed E-state index contributed by atoms with van der Waals surface area (Å²) in [6.07, 6.45) is 0. The molecule has 0 unspecified atom stereocenters. The van der Waals surface area contributed by atoms with E-state index in [4.69, 9.17) is 15.6 Å². The van der Waals surface area contributed by atoms with Crippen LogP contribution in [0.4, 0.5) is 5.69 Å². The maximum absolute atomic E-state index is 11.5. The lowest BCUT2D eigenvalue weighted by molar-refractivity contribution is 0.0698. The van der Waals surface area contributed by atoms with Gasteiger partial charge in [0.25, 0.3) is 0 Å². The predicted octanol–water partition coefficient (Wildman–Crippen LogP) is 1.17. The molecule has 0 aliphatic rings. The fraction of sp³-hybridized carbons (Fsp3) is 0.417. The summed E-state index contributed by atoms with van der Waals surface area (Å²) in [5.74, 6) is -0.862. The number of carbonyl (C=O) groups is 1. The number of hydrogen-bond donors (Lipinski definition) is 2. The van der Waals surface area contributed by atoms with Gasteiger partial charge in [-0.2, -0.15) is 0 Å². The van der Waals surface area contributed by atoms with Gasteiger partial charge in [-0.3, -0.25) is 0 Å². The maximum atomic E-state index is 11.5. The van der Waals surface area contributed by atoms with Gasteiger partial charge in [0.05, 0.1) is 16.6 Å². The molecule has 6 nitrogen and oxygen atoms in total. The zero-order valence-corrected chi connectivity index (χ0v) is 11.6. The minimum absolute atomic E-state index is 0.00632. The molecule has 0 amide bonds. The predicted molar refractivity (Wildman–Crippen MR) is 72.2 cm³/mol. The van der Waals surface area contributed by atoms with Crippen molar-refractivity contribution in [1.82, 2.24) is 0 Å². The number of ether oxygens (including phenoxy) is 1. The Morgan fingerprint density at radius 3 is 2.53 bits per heavy atom. The molecule has 0 atom stereocenters. The highest BCUT2D eigenvalue weighted by molar-refractivity contribution is 7.91. The van der Waals surface area contributed by atoms with Crippen LogP contribution in [0.25, 0.3) is 0 Å². The molecule has 7 heteroatoms. The van der Waals surface area contributed by atoms with Crippen molar-refractivity contribution in [3.63, 3.8) is 0 Å². The number of nitrogen functional groups attached to an aromatic ring is 1. The fourth-order valence-electron chi connectivity index (χ4n) is 1.34. The number of carboxylic acid groups (broad SMARTS) is 1. The summed E-state index contributed by atoms with van der Waals surface area (Å²) >= 11 is 0. The second-order valence-corrected chi connectivity index (χ2v) is 7.00. The van der Waals surface area contributed by atoms with Crippen molar-refractivity contribution in [1.29, 1.82) is 0 Å². The highest BCUT2D eigenvalue weighted by Gasteiger charge is 2.16. The third-order valence-corrected chi connectivity index (χ3v) is 4.78. The highest BCUT2D eigenvalue weighted by atomic mass is 32.2. The Hall–Kier alpha value is -1.76. The van der Waals surface area contributed by atoms with E-state index in [1.807, 2.05) is 0 Å². The zero-order valence-electron chi connectivity index (χ0n) is 10.8. The van der Waals surface area contributed by atoms with Crippen LogP contribution in [0.2, 0.25) is 0 Å². The molecule has 1 rings (SSSR count). The largest absolute Gasteiger partial charge is 0.492 e. The molecule has 0 saturated heterocycles. The molecule has 0 aliphatic carbocycles. The van der Waals surface area contributed by atoms with Crippen LogP contribution in [0.5, 0.6) is 5.75 Å². The van der Waals surface area contributed by atoms with Crippen molar-refractivity contribution >= 4 is 21.5 Å². The van der Waals surface area contributed by atoms with Gasteiger partial charge in [0.2, 0.25) is 0 Å². The monoisotopic (exact) mass is 287 g/mol. The molecule has 0 aliphatic heterocycles. The van der Waals surface area contributed by atoms with Crippen LogP contribution in [0.1, 0.15) is 24.2 Å². The van der Waals surface area contributed by atoms with Crippen LogP contribution in [-0.4, -0.2) is 37.1 Å². The average Bonchev–Trinajstić information content (AvgIpc) is 2.28. The van der Waals surface area contributed by atoms with E-state index in [1.165, 1.54) is 18.2 Å². The normalized spacial score (nSPS) is 11.5. The van der Waals surface area contributed by atoms with Gasteiger partial charge < -0.3 is 15.6 Å². The maximum Gasteiger partial charge on any atom is 0.337 e. The smallest absolute Gasteiger partial charge is 0.337 e. The summed E-state index contributed by atoms with van der Waals surface area (Å²) in [4.78, 5) is 10.8. The zero-order chi connectivity index (χ0) is 14.6. The van der Waals surface area contributed by atoms with Crippen LogP contribution in [0.3, 0.4) is 0 Å². The van der Waals surface area contributed by atoms with E-state index in [0.717, 1.165) is 0 Å². The van der Waals surface area contributed by atoms with Crippen molar-refractivity contribution in [2.45, 2.75) is 19.1 Å². The van der Waals surface area contributed by atoms with Gasteiger partial charge in [0.1, 0.15) is 12.4 Å². The Balaban J connectivity index is 2.65. The quantitative estimate of drug-likeness (QED) is 0.760. The number of hydrogen-bond acceptors (Lipinski definition) is 5. The molecule has 0 bridgehead atoms. The number of nitrogens with two attached hydrogens (primary N) is 1. The Bertz CT molecular complexity index is 565. The van der Waals surface area contributed by atoms with Crippen LogP contribution >= 0.6 is 0 Å². The second-order valence-electron chi connectivity index (χ2n) is 4.32. The minimum atomic E-state index is -3.15. The van der Waals surface area contributed by atoms with Crippen LogP contribution in [0, 0.1) is 0 Å². The van der Waals surface area contributed by atoms with E-state index in [2.05, 4.69) is 0 Å². The van der Waals surface area contributed by atoms with Crippen molar-refractivity contribution in [3.8, 4) is 5.75 Å². The standard InChI is InChI=1S/C12H17NO5S/c1-8(2)19(16,17)6-5-18-9-3-4-10(12(14)15)11(13)7-9/h3-4,7-8H,5-6,13H2,1-2H3,(H,14,15). The topological polar surface area (TPSA) is 107 Å². The van der Waals surface area contributed by atoms with E-state index in [9.17, 15) is 13.2 Å². The summed E-state index contributed by atoms with van der Waals surface area (Å²) in [7, 11) is -3.15. The van der Waals surface area contributed by atoms with Crippen molar-refractivity contribution < 1.29 is 23.1 Å². The van der Waals surface area contributed by atoms with Gasteiger partial charge >= 0.3 is 5.97 Å². The molecule has 1 aromatic rings. The van der Waals surface area contributed by atoms with E-state index in [0.29, 0.717) is 5.75 Å². The Labute approximate surface area is 112 Å². The highest BCUT2D eigenvalue weighted by Crippen LogP contribution is 2.20. The van der Waals surface area contributed by atoms with Crippen molar-refractivity contribution in [2.24, 2.45) is 0 Å². The van der Waals surface area contributed by atoms with Crippen LogP contribution in [-0.2, 0) is 9.84 Å². The molecule has 0 radical (unpaired) electrons. The van der Waals surface area contributed by atoms with Gasteiger partial charge in [-0.25, -0.2) is 13.2 Å². The number of rotatable bonds is 6. The first kappa shape index (κ1) is 15.3. The molecule has 3 N–H and O–H groups in total. The molecule has 106 valence electrons. The molecular formula is C12H17NO5S. The van der Waals surface area contributed by atoms with Gasteiger partial charge in [-0.05, 0) is 26.0 Å². The Morgan fingerprint density at radius 2 is 2.05 bits per heavy atom. The number of aromatic carboxylic acids is 1. The first-order chi connectivity index (χ1) is 8.74. The van der Waals surface area contributed by atoms with Crippen molar-refractivity contribution in [3.05, 3.63) is 23.8 Å². The molecule has 0 saturated carbocycles. The summed E-state index contributed by atoms with van der Waals surface area (Å²) in [6, 6.07) is 4.14. The minimum Gasteiger partial charge on any atom is -0.492 e. The molecule has 1 aromatic carbocycles. The molecule has 0 aromatic heterocycles. The lowest BCUT2D eigenvalue weighted by Gasteiger charge is -2.10. The summed E-state index contributed by atoms with van der Waals surface area (Å²) in [5.41, 5.74) is 5.62. The molecule has 0 heterocycles. The van der Waals surface area contributed by atoms with Crippen LogP contribution < -0.4 is 10.5 Å². The molecule has 0 fully saturated rings. The second kappa shape index (κ2) is 5.92. The van der Waals surface area contributed by atoms with Gasteiger partial charge in [-0.1, -0.05) is 0 Å². The SMILES string of the molecule is CC(C)S(=O)(=O)CCOc1ccc(C(=O)O)c(N)c1. The summed E-state index contributed by atoms with van der Waals surface area (Å²) in [6.45, 7) is 3.22. The van der Waals surface area contributed by atoms with E-state index >= 15 is 0 Å². The first-order valence-corrected chi connectivity index (χ1v) is 7.43. The Kier molecular flexibility index (Phi) is 4.77. The van der Waals surface area contributed by atoms with Crippen LogP contribution in [0.15, 0.2) is 18.2 Å². The molecular weight excluding hydrogens is 270 g/mol.